The van der Waals surface area contributed by atoms with Crippen LogP contribution in [0.25, 0.3) is 0 Å². The first-order valence-corrected chi connectivity index (χ1v) is 6.72. The second-order valence-corrected chi connectivity index (χ2v) is 4.61. The summed E-state index contributed by atoms with van der Waals surface area (Å²) in [4.78, 5) is 12.0. The Hall–Kier alpha value is -2.35. The number of benzene rings is 2. The van der Waals surface area contributed by atoms with Gasteiger partial charge in [0.2, 0.25) is 0 Å². The van der Waals surface area contributed by atoms with Crippen molar-refractivity contribution in [2.45, 2.75) is 19.8 Å². The predicted octanol–water partition coefficient (Wildman–Crippen LogP) is 3.95. The molecule has 2 aromatic rings. The molecule has 2 nitrogen and oxygen atoms in total. The van der Waals surface area contributed by atoms with Gasteiger partial charge in [-0.15, -0.1) is 0 Å². The highest BCUT2D eigenvalue weighted by molar-refractivity contribution is 5.90. The van der Waals surface area contributed by atoms with Crippen LogP contribution in [0.3, 0.4) is 0 Å². The van der Waals surface area contributed by atoms with Gasteiger partial charge in [0.05, 0.1) is 0 Å². The lowest BCUT2D eigenvalue weighted by atomic mass is 9.99. The van der Waals surface area contributed by atoms with Crippen molar-refractivity contribution in [2.24, 2.45) is 0 Å². The van der Waals surface area contributed by atoms with Gasteiger partial charge in [0, 0.05) is 12.0 Å². The third kappa shape index (κ3) is 3.58. The second kappa shape index (κ2) is 6.71. The number of hydrogen-bond acceptors (Lipinski definition) is 2. The van der Waals surface area contributed by atoms with Crippen molar-refractivity contribution in [2.75, 3.05) is 0 Å². The minimum atomic E-state index is -0.373. The second-order valence-electron chi connectivity index (χ2n) is 4.61. The Morgan fingerprint density at radius 3 is 2.25 bits per heavy atom. The fourth-order valence-electron chi connectivity index (χ4n) is 2.04. The van der Waals surface area contributed by atoms with E-state index in [2.05, 4.69) is 19.6 Å². The van der Waals surface area contributed by atoms with Crippen LogP contribution >= 0.6 is 0 Å². The van der Waals surface area contributed by atoms with Crippen LogP contribution in [0.5, 0.6) is 5.75 Å². The SMILES string of the molecule is C=C(Cc1ccccc1CC)C(=O)Oc1ccccc1. The Morgan fingerprint density at radius 2 is 1.60 bits per heavy atom. The van der Waals surface area contributed by atoms with Gasteiger partial charge in [-0.2, -0.15) is 0 Å². The average Bonchev–Trinajstić information content (AvgIpc) is 2.48. The Bertz CT molecular complexity index is 600. The normalized spacial score (nSPS) is 10.1. The highest BCUT2D eigenvalue weighted by atomic mass is 16.5. The molecule has 0 aliphatic heterocycles. The fourth-order valence-corrected chi connectivity index (χ4v) is 2.04. The maximum Gasteiger partial charge on any atom is 0.339 e. The quantitative estimate of drug-likeness (QED) is 0.465. The molecule has 20 heavy (non-hydrogen) atoms. The van der Waals surface area contributed by atoms with E-state index in [4.69, 9.17) is 4.74 Å². The summed E-state index contributed by atoms with van der Waals surface area (Å²) < 4.78 is 5.28. The molecule has 0 heterocycles. The predicted molar refractivity (Wildman–Crippen MR) is 80.7 cm³/mol. The summed E-state index contributed by atoms with van der Waals surface area (Å²) in [5, 5.41) is 0. The summed E-state index contributed by atoms with van der Waals surface area (Å²) >= 11 is 0. The summed E-state index contributed by atoms with van der Waals surface area (Å²) in [5.41, 5.74) is 2.83. The van der Waals surface area contributed by atoms with Crippen LogP contribution < -0.4 is 4.74 Å². The van der Waals surface area contributed by atoms with Crippen molar-refractivity contribution in [1.82, 2.24) is 0 Å². The van der Waals surface area contributed by atoms with E-state index in [-0.39, 0.29) is 5.97 Å². The lowest BCUT2D eigenvalue weighted by Crippen LogP contribution is -2.12. The van der Waals surface area contributed by atoms with Gasteiger partial charge in [-0.05, 0) is 29.7 Å². The molecular weight excluding hydrogens is 248 g/mol. The van der Waals surface area contributed by atoms with Crippen molar-refractivity contribution in [1.29, 1.82) is 0 Å². The summed E-state index contributed by atoms with van der Waals surface area (Å²) in [6.07, 6.45) is 1.47. The zero-order valence-corrected chi connectivity index (χ0v) is 11.6. The molecule has 0 fully saturated rings. The minimum absolute atomic E-state index is 0.373. The zero-order valence-electron chi connectivity index (χ0n) is 11.6. The van der Waals surface area contributed by atoms with Crippen LogP contribution in [0.2, 0.25) is 0 Å². The number of hydrogen-bond donors (Lipinski definition) is 0. The van der Waals surface area contributed by atoms with Gasteiger partial charge in [0.15, 0.2) is 0 Å². The van der Waals surface area contributed by atoms with Crippen LogP contribution in [0, 0.1) is 0 Å². The molecule has 0 bridgehead atoms. The van der Waals surface area contributed by atoms with E-state index >= 15 is 0 Å². The number of ether oxygens (including phenoxy) is 1. The van der Waals surface area contributed by atoms with Gasteiger partial charge < -0.3 is 4.74 Å². The van der Waals surface area contributed by atoms with E-state index in [1.807, 2.05) is 36.4 Å². The summed E-state index contributed by atoms with van der Waals surface area (Å²) in [6, 6.07) is 17.1. The smallest absolute Gasteiger partial charge is 0.339 e. The van der Waals surface area contributed by atoms with E-state index in [1.54, 1.807) is 12.1 Å². The highest BCUT2D eigenvalue weighted by Crippen LogP contribution is 2.16. The molecular formula is C18H18O2. The molecule has 2 aromatic carbocycles. The van der Waals surface area contributed by atoms with Gasteiger partial charge in [0.25, 0.3) is 0 Å². The first-order chi connectivity index (χ1) is 9.70. The van der Waals surface area contributed by atoms with Crippen LogP contribution in [-0.4, -0.2) is 5.97 Å². The maximum absolute atomic E-state index is 12.0. The Balaban J connectivity index is 2.03. The van der Waals surface area contributed by atoms with E-state index in [0.29, 0.717) is 17.7 Å². The minimum Gasteiger partial charge on any atom is -0.423 e. The van der Waals surface area contributed by atoms with Gasteiger partial charge in [-0.1, -0.05) is 56.0 Å². The first-order valence-electron chi connectivity index (χ1n) is 6.72. The third-order valence-corrected chi connectivity index (χ3v) is 3.15. The van der Waals surface area contributed by atoms with E-state index < -0.39 is 0 Å². The van der Waals surface area contributed by atoms with Crippen molar-refractivity contribution in [3.05, 3.63) is 77.9 Å². The molecule has 0 radical (unpaired) electrons. The molecule has 0 atom stereocenters. The van der Waals surface area contributed by atoms with Gasteiger partial charge >= 0.3 is 5.97 Å². The molecule has 0 spiro atoms. The summed E-state index contributed by atoms with van der Waals surface area (Å²) in [5.74, 6) is 0.171. The highest BCUT2D eigenvalue weighted by Gasteiger charge is 2.12. The molecule has 0 unspecified atom stereocenters. The zero-order chi connectivity index (χ0) is 14.4. The van der Waals surface area contributed by atoms with Gasteiger partial charge in [-0.25, -0.2) is 4.79 Å². The van der Waals surface area contributed by atoms with Crippen LogP contribution in [0.4, 0.5) is 0 Å². The fraction of sp³-hybridized carbons (Fsp3) is 0.167. The monoisotopic (exact) mass is 266 g/mol. The maximum atomic E-state index is 12.0. The number of esters is 1. The largest absolute Gasteiger partial charge is 0.423 e. The number of aryl methyl sites for hydroxylation is 1. The molecule has 2 rings (SSSR count). The molecule has 0 N–H and O–H groups in total. The van der Waals surface area contributed by atoms with Crippen molar-refractivity contribution in [3.63, 3.8) is 0 Å². The molecule has 2 heteroatoms. The molecule has 0 aliphatic rings. The average molecular weight is 266 g/mol. The Kier molecular flexibility index (Phi) is 4.72. The van der Waals surface area contributed by atoms with E-state index in [9.17, 15) is 4.79 Å². The number of para-hydroxylation sites is 1. The number of carbonyl (C=O) groups excluding carboxylic acids is 1. The molecule has 102 valence electrons. The van der Waals surface area contributed by atoms with Crippen molar-refractivity contribution >= 4 is 5.97 Å². The molecule has 0 aromatic heterocycles. The molecule has 0 saturated carbocycles. The number of carbonyl (C=O) groups is 1. The van der Waals surface area contributed by atoms with E-state index in [1.165, 1.54) is 5.56 Å². The van der Waals surface area contributed by atoms with Crippen LogP contribution in [0.15, 0.2) is 66.7 Å². The standard InChI is InChI=1S/C18H18O2/c1-3-15-9-7-8-10-16(15)13-14(2)18(19)20-17-11-5-4-6-12-17/h4-12H,2-3,13H2,1H3. The third-order valence-electron chi connectivity index (χ3n) is 3.15. The number of rotatable bonds is 5. The van der Waals surface area contributed by atoms with Gasteiger partial charge in [0.1, 0.15) is 5.75 Å². The molecule has 0 aliphatic carbocycles. The van der Waals surface area contributed by atoms with Gasteiger partial charge in [-0.3, -0.25) is 0 Å². The molecule has 0 amide bonds. The molecule has 0 saturated heterocycles. The van der Waals surface area contributed by atoms with Crippen molar-refractivity contribution < 1.29 is 9.53 Å². The lowest BCUT2D eigenvalue weighted by Gasteiger charge is -2.09. The Morgan fingerprint density at radius 1 is 1.00 bits per heavy atom. The summed E-state index contributed by atoms with van der Waals surface area (Å²) in [6.45, 7) is 5.95. The Labute approximate surface area is 119 Å². The van der Waals surface area contributed by atoms with Crippen LogP contribution in [-0.2, 0) is 17.6 Å². The van der Waals surface area contributed by atoms with E-state index in [0.717, 1.165) is 12.0 Å². The first kappa shape index (κ1) is 14.1. The van der Waals surface area contributed by atoms with Crippen LogP contribution in [0.1, 0.15) is 18.1 Å². The van der Waals surface area contributed by atoms with Crippen molar-refractivity contribution in [3.8, 4) is 5.75 Å². The summed E-state index contributed by atoms with van der Waals surface area (Å²) in [7, 11) is 0. The topological polar surface area (TPSA) is 26.3 Å². The lowest BCUT2D eigenvalue weighted by molar-refractivity contribution is -0.130.